The molecule has 0 unspecified atom stereocenters. The molecule has 11 rings (SSSR count). The molecule has 0 atom stereocenters. The number of aliphatic hydroxyl groups excluding tert-OH is 1. The Kier molecular flexibility index (Phi) is 37.1. The Morgan fingerprint density at radius 1 is 0.433 bits per heavy atom. The Labute approximate surface area is 635 Å². The number of hydrogen-bond donors (Lipinski definition) is 1. The summed E-state index contributed by atoms with van der Waals surface area (Å²) in [5, 5.41) is 15.4. The van der Waals surface area contributed by atoms with Gasteiger partial charge in [-0.3, -0.25) is 9.80 Å². The van der Waals surface area contributed by atoms with Crippen LogP contribution in [0.4, 0.5) is 0 Å². The molecule has 0 saturated carbocycles. The molecule has 9 aromatic rings. The molecule has 9 aromatic carbocycles. The minimum absolute atomic E-state index is 0. The van der Waals surface area contributed by atoms with Crippen molar-refractivity contribution in [3.05, 3.63) is 312 Å². The number of alkyl halides is 1. The predicted octanol–water partition coefficient (Wildman–Crippen LogP) is 12.4. The zero-order valence-electron chi connectivity index (χ0n) is 58.6. The third-order valence-corrected chi connectivity index (χ3v) is 27.3. The molecule has 1 saturated heterocycles. The standard InChI is InChI=1S/C39H47NO3Si.C19H21BrSi.C16H19NO.C10H9.C2H4O.K/c1-39(2,3)44(37-21-12-6-13-22-37,38-23-14-7-15-24-38)32-16-26-41-28-30-43-31-29-42-27-25-40(33-35-17-8-4-9-18-35)34-36-19-10-5-11-20-36;1-19(2,3)21(16-10-15-20,17-11-6-4-7-12-17)18-13-8-5-9-14-18;18-12-11-17(13-15-7-3-1-4-8-15)14-16-9-5-2-6-10-16;1-2-6-10-8-4-3-7-9(10)5-1;1-2-3-1;/h4-15,17-24H,25-31,33-34H2,1-3H3;4-9,11-14H,15H2,1-3H3;1-10,18H,11-14H2;1-3,5-6H,4,8H2;1-2H2;/q;;;-1;;+1. The molecule has 2 aliphatic rings. The molecule has 0 aromatic heterocycles. The number of benzene rings is 9. The minimum atomic E-state index is -2.39. The first kappa shape index (κ1) is 80.1. The first-order valence-electron chi connectivity index (χ1n) is 33.8. The van der Waals surface area contributed by atoms with Gasteiger partial charge in [0.1, 0.15) is 6.61 Å². The summed E-state index contributed by atoms with van der Waals surface area (Å²) in [5.74, 6) is 6.72. The van der Waals surface area contributed by atoms with E-state index in [1.54, 1.807) is 0 Å². The molecule has 7 nitrogen and oxygen atoms in total. The summed E-state index contributed by atoms with van der Waals surface area (Å²) in [4.78, 5) is 4.68. The summed E-state index contributed by atoms with van der Waals surface area (Å²) in [7, 11) is -4.55. The van der Waals surface area contributed by atoms with Gasteiger partial charge in [-0.2, -0.15) is 17.7 Å². The van der Waals surface area contributed by atoms with Crippen LogP contribution < -0.4 is 72.1 Å². The molecule has 1 aliphatic carbocycles. The largest absolute Gasteiger partial charge is 1.00 e. The first-order chi connectivity index (χ1) is 46.9. The SMILES string of the molecule is C1CO1.CC(C)(C)[Si](C#CCBr)(c1ccccc1)c1ccccc1.CC(C)(C)[Si](C#CCOCCOCCOCCN(Cc1ccccc1)Cc1ccccc1)(c1ccccc1)c1ccccc1.OCCN(Cc1ccccc1)Cc1ccccc1.[C-]1=CCCc2ccccc21.[K+]. The van der Waals surface area contributed by atoms with Crippen LogP contribution in [0, 0.1) is 29.0 Å². The zero-order valence-corrected chi connectivity index (χ0v) is 65.3. The number of hydrogen-bond acceptors (Lipinski definition) is 7. The van der Waals surface area contributed by atoms with Crippen molar-refractivity contribution in [2.24, 2.45) is 0 Å². The van der Waals surface area contributed by atoms with Crippen LogP contribution >= 0.6 is 15.9 Å². The third kappa shape index (κ3) is 27.6. The summed E-state index contributed by atoms with van der Waals surface area (Å²) in [6, 6.07) is 93.6. The van der Waals surface area contributed by atoms with Gasteiger partial charge in [0.25, 0.3) is 0 Å². The second-order valence-corrected chi connectivity index (χ2v) is 35.1. The van der Waals surface area contributed by atoms with Crippen molar-refractivity contribution < 1.29 is 75.4 Å². The molecule has 1 heterocycles. The Morgan fingerprint density at radius 3 is 1.09 bits per heavy atom. The fourth-order valence-corrected chi connectivity index (χ4v) is 21.1. The van der Waals surface area contributed by atoms with Crippen molar-refractivity contribution in [2.75, 3.05) is 77.9 Å². The molecule has 1 aliphatic heterocycles. The predicted molar refractivity (Wildman–Crippen MR) is 411 cm³/mol. The van der Waals surface area contributed by atoms with Gasteiger partial charge in [-0.05, 0) is 53.1 Å². The quantitative estimate of drug-likeness (QED) is 0.0161. The van der Waals surface area contributed by atoms with Crippen molar-refractivity contribution >= 4 is 52.8 Å². The summed E-state index contributed by atoms with van der Waals surface area (Å²) in [6.07, 6.45) is 7.68. The van der Waals surface area contributed by atoms with E-state index < -0.39 is 16.1 Å². The van der Waals surface area contributed by atoms with Crippen molar-refractivity contribution in [1.29, 1.82) is 0 Å². The second kappa shape index (κ2) is 45.0. The van der Waals surface area contributed by atoms with E-state index in [-0.39, 0.29) is 68.1 Å². The average molecular weight is 1420 g/mol. The van der Waals surface area contributed by atoms with Gasteiger partial charge in [-0.25, -0.2) is 0 Å². The Morgan fingerprint density at radius 2 is 0.753 bits per heavy atom. The third-order valence-electron chi connectivity index (χ3n) is 16.6. The van der Waals surface area contributed by atoms with Crippen LogP contribution in [0.1, 0.15) is 81.3 Å². The Balaban J connectivity index is 0.000000230. The van der Waals surface area contributed by atoms with Gasteiger partial charge in [0, 0.05) is 39.3 Å². The number of allylic oxidation sites excluding steroid dienone is 1. The molecule has 11 heteroatoms. The Hall–Kier alpha value is -5.89. The molecule has 1 fully saturated rings. The molecular weight excluding hydrogens is 1320 g/mol. The fourth-order valence-electron chi connectivity index (χ4n) is 11.8. The summed E-state index contributed by atoms with van der Waals surface area (Å²) in [6.45, 7) is 24.4. The van der Waals surface area contributed by atoms with Gasteiger partial charge < -0.3 is 24.1 Å². The van der Waals surface area contributed by atoms with Gasteiger partial charge in [-0.15, -0.1) is 34.9 Å². The van der Waals surface area contributed by atoms with Gasteiger partial charge >= 0.3 is 51.4 Å². The summed E-state index contributed by atoms with van der Waals surface area (Å²) >= 11 is 3.46. The van der Waals surface area contributed by atoms with Crippen LogP contribution in [0.3, 0.4) is 0 Å². The smallest absolute Gasteiger partial charge is 0.395 e. The summed E-state index contributed by atoms with van der Waals surface area (Å²) in [5.41, 5.74) is 15.3. The zero-order chi connectivity index (χ0) is 67.8. The molecule has 500 valence electrons. The van der Waals surface area contributed by atoms with Crippen LogP contribution in [0.25, 0.3) is 0 Å². The van der Waals surface area contributed by atoms with Gasteiger partial charge in [0.15, 0.2) is 0 Å². The van der Waals surface area contributed by atoms with Crippen LogP contribution in [0.15, 0.2) is 273 Å². The monoisotopic (exact) mass is 1410 g/mol. The molecule has 0 bridgehead atoms. The van der Waals surface area contributed by atoms with E-state index in [1.165, 1.54) is 60.5 Å². The number of nitrogens with zero attached hydrogens (tertiary/aromatic N) is 2. The van der Waals surface area contributed by atoms with Gasteiger partial charge in [0.05, 0.1) is 58.2 Å². The number of aryl methyl sites for hydroxylation is 1. The maximum Gasteiger partial charge on any atom is 1.00 e. The molecule has 1 N–H and O–H groups in total. The van der Waals surface area contributed by atoms with Crippen molar-refractivity contribution in [1.82, 2.24) is 9.80 Å². The van der Waals surface area contributed by atoms with E-state index in [2.05, 4.69) is 362 Å². The van der Waals surface area contributed by atoms with Crippen LogP contribution in [0.5, 0.6) is 0 Å². The number of fused-ring (bicyclic) bond motifs is 1. The van der Waals surface area contributed by atoms with E-state index >= 15 is 0 Å². The average Bonchev–Trinajstić information content (AvgIpc) is 1.75. The Bertz CT molecular complexity index is 3530. The maximum absolute atomic E-state index is 9.15. The van der Waals surface area contributed by atoms with Crippen LogP contribution in [-0.2, 0) is 51.5 Å². The number of ether oxygens (including phenoxy) is 4. The van der Waals surface area contributed by atoms with Crippen molar-refractivity contribution in [3.8, 4) is 22.9 Å². The molecule has 0 radical (unpaired) electrons. The molecule has 0 spiro atoms. The van der Waals surface area contributed by atoms with E-state index in [0.717, 1.165) is 57.7 Å². The van der Waals surface area contributed by atoms with E-state index in [1.807, 2.05) is 12.1 Å². The maximum atomic E-state index is 9.15. The fraction of sp³-hybridized carbons (Fsp3) is 0.302. The normalized spacial score (nSPS) is 12.1. The van der Waals surface area contributed by atoms with E-state index in [4.69, 9.17) is 19.3 Å². The van der Waals surface area contributed by atoms with Gasteiger partial charge in [-0.1, -0.05) is 331 Å². The van der Waals surface area contributed by atoms with Crippen LogP contribution in [0.2, 0.25) is 10.1 Å². The number of epoxide rings is 1. The molecule has 97 heavy (non-hydrogen) atoms. The van der Waals surface area contributed by atoms with Crippen molar-refractivity contribution in [2.45, 2.75) is 90.6 Å². The van der Waals surface area contributed by atoms with E-state index in [0.29, 0.717) is 46.2 Å². The van der Waals surface area contributed by atoms with Crippen molar-refractivity contribution in [3.63, 3.8) is 0 Å². The number of aliphatic hydroxyl groups is 1. The first-order valence-corrected chi connectivity index (χ1v) is 38.9. The van der Waals surface area contributed by atoms with Gasteiger partial charge in [0.2, 0.25) is 16.1 Å². The molecular formula is C86H100BrKN2O5Si2. The topological polar surface area (TPSA) is 66.9 Å². The number of rotatable bonds is 24. The summed E-state index contributed by atoms with van der Waals surface area (Å²) < 4.78 is 22.0. The second-order valence-electron chi connectivity index (χ2n) is 25.7. The van der Waals surface area contributed by atoms with E-state index in [9.17, 15) is 0 Å². The molecule has 0 amide bonds. The minimum Gasteiger partial charge on any atom is -0.395 e. The van der Waals surface area contributed by atoms with Crippen LogP contribution in [-0.4, -0.2) is 109 Å². The number of halogens is 1.